The van der Waals surface area contributed by atoms with Crippen LogP contribution < -0.4 is 0 Å². The molecule has 1 heterocycles. The van der Waals surface area contributed by atoms with Crippen LogP contribution in [0.25, 0.3) is 11.0 Å². The van der Waals surface area contributed by atoms with Crippen molar-refractivity contribution in [1.82, 2.24) is 0 Å². The summed E-state index contributed by atoms with van der Waals surface area (Å²) in [5.74, 6) is 0.124. The first-order chi connectivity index (χ1) is 9.16. The molecule has 0 spiro atoms. The van der Waals surface area contributed by atoms with Crippen LogP contribution in [0.1, 0.15) is 21.7 Å². The van der Waals surface area contributed by atoms with Crippen molar-refractivity contribution in [2.45, 2.75) is 6.92 Å². The molecule has 0 atom stereocenters. The smallest absolute Gasteiger partial charge is 0.229 e. The molecule has 0 amide bonds. The molecular formula is C16H11ClO2. The monoisotopic (exact) mass is 270 g/mol. The van der Waals surface area contributed by atoms with Gasteiger partial charge in [-0.25, -0.2) is 0 Å². The van der Waals surface area contributed by atoms with Crippen molar-refractivity contribution in [3.63, 3.8) is 0 Å². The van der Waals surface area contributed by atoms with E-state index in [-0.39, 0.29) is 5.78 Å². The minimum Gasteiger partial charge on any atom is -0.453 e. The first kappa shape index (κ1) is 12.0. The highest BCUT2D eigenvalue weighted by Crippen LogP contribution is 2.26. The predicted octanol–water partition coefficient (Wildman–Crippen LogP) is 4.63. The number of ketones is 1. The quantitative estimate of drug-likeness (QED) is 0.636. The Morgan fingerprint density at radius 1 is 1.11 bits per heavy atom. The number of fused-ring (bicyclic) bond motifs is 1. The number of halogens is 1. The van der Waals surface area contributed by atoms with Crippen LogP contribution in [0.2, 0.25) is 5.02 Å². The van der Waals surface area contributed by atoms with Gasteiger partial charge in [0.25, 0.3) is 0 Å². The maximum absolute atomic E-state index is 12.4. The maximum atomic E-state index is 12.4. The van der Waals surface area contributed by atoms with Crippen molar-refractivity contribution < 1.29 is 9.21 Å². The summed E-state index contributed by atoms with van der Waals surface area (Å²) in [5.41, 5.74) is 2.05. The van der Waals surface area contributed by atoms with E-state index >= 15 is 0 Å². The Morgan fingerprint density at radius 3 is 2.68 bits per heavy atom. The van der Waals surface area contributed by atoms with E-state index < -0.39 is 0 Å². The van der Waals surface area contributed by atoms with Crippen molar-refractivity contribution in [3.8, 4) is 0 Å². The van der Waals surface area contributed by atoms with Gasteiger partial charge in [-0.3, -0.25) is 4.79 Å². The van der Waals surface area contributed by atoms with Gasteiger partial charge >= 0.3 is 0 Å². The number of carbonyl (C=O) groups excluding carboxylic acids is 1. The molecular weight excluding hydrogens is 260 g/mol. The van der Waals surface area contributed by atoms with Crippen LogP contribution in [-0.2, 0) is 0 Å². The average molecular weight is 271 g/mol. The van der Waals surface area contributed by atoms with Gasteiger partial charge in [-0.15, -0.1) is 0 Å². The van der Waals surface area contributed by atoms with Crippen LogP contribution in [0.15, 0.2) is 52.9 Å². The molecule has 3 rings (SSSR count). The summed E-state index contributed by atoms with van der Waals surface area (Å²) in [6.07, 6.45) is 0. The van der Waals surface area contributed by atoms with E-state index in [0.717, 1.165) is 10.9 Å². The highest BCUT2D eigenvalue weighted by Gasteiger charge is 2.17. The number of hydrogen-bond donors (Lipinski definition) is 0. The zero-order chi connectivity index (χ0) is 13.4. The summed E-state index contributed by atoms with van der Waals surface area (Å²) >= 11 is 6.17. The third-order valence-electron chi connectivity index (χ3n) is 3.09. The topological polar surface area (TPSA) is 30.2 Å². The Morgan fingerprint density at radius 2 is 1.89 bits per heavy atom. The fourth-order valence-corrected chi connectivity index (χ4v) is 2.26. The highest BCUT2D eigenvalue weighted by atomic mass is 35.5. The van der Waals surface area contributed by atoms with Gasteiger partial charge in [-0.05, 0) is 30.7 Å². The van der Waals surface area contributed by atoms with Crippen molar-refractivity contribution in [2.24, 2.45) is 0 Å². The number of aryl methyl sites for hydroxylation is 1. The normalized spacial score (nSPS) is 10.8. The molecule has 0 saturated carbocycles. The standard InChI is InChI=1S/C16H11ClO2/c1-10-5-4-7-12(15(10)17)16(18)14-9-11-6-2-3-8-13(11)19-14/h2-9H,1H3. The van der Waals surface area contributed by atoms with Crippen molar-refractivity contribution in [1.29, 1.82) is 0 Å². The van der Waals surface area contributed by atoms with Crippen molar-refractivity contribution >= 4 is 28.4 Å². The lowest BCUT2D eigenvalue weighted by molar-refractivity contribution is 0.101. The van der Waals surface area contributed by atoms with E-state index in [4.69, 9.17) is 16.0 Å². The van der Waals surface area contributed by atoms with E-state index in [1.54, 1.807) is 12.1 Å². The first-order valence-corrected chi connectivity index (χ1v) is 6.33. The van der Waals surface area contributed by atoms with Crippen LogP contribution in [-0.4, -0.2) is 5.78 Å². The molecule has 0 aliphatic heterocycles. The second-order valence-electron chi connectivity index (χ2n) is 4.41. The van der Waals surface area contributed by atoms with Gasteiger partial charge in [-0.1, -0.05) is 41.9 Å². The minimum absolute atomic E-state index is 0.190. The summed E-state index contributed by atoms with van der Waals surface area (Å²) in [7, 11) is 0. The second kappa shape index (κ2) is 4.56. The third-order valence-corrected chi connectivity index (χ3v) is 3.59. The van der Waals surface area contributed by atoms with Gasteiger partial charge in [0.15, 0.2) is 5.76 Å². The molecule has 94 valence electrons. The first-order valence-electron chi connectivity index (χ1n) is 5.95. The minimum atomic E-state index is -0.190. The molecule has 19 heavy (non-hydrogen) atoms. The number of furan rings is 1. The number of benzene rings is 2. The molecule has 0 unspecified atom stereocenters. The molecule has 0 aliphatic carbocycles. The van der Waals surface area contributed by atoms with Gasteiger partial charge in [0.1, 0.15) is 5.58 Å². The summed E-state index contributed by atoms with van der Waals surface area (Å²) < 4.78 is 5.57. The van der Waals surface area contributed by atoms with E-state index in [1.807, 2.05) is 43.3 Å². The molecule has 3 heteroatoms. The number of rotatable bonds is 2. The summed E-state index contributed by atoms with van der Waals surface area (Å²) in [6, 6.07) is 14.7. The van der Waals surface area contributed by atoms with Crippen LogP contribution in [0.5, 0.6) is 0 Å². The largest absolute Gasteiger partial charge is 0.453 e. The summed E-state index contributed by atoms with van der Waals surface area (Å²) in [5, 5.41) is 1.39. The molecule has 1 aromatic heterocycles. The fourth-order valence-electron chi connectivity index (χ4n) is 2.05. The van der Waals surface area contributed by atoms with Crippen molar-refractivity contribution in [3.05, 3.63) is 70.4 Å². The summed E-state index contributed by atoms with van der Waals surface area (Å²) in [4.78, 5) is 12.4. The van der Waals surface area contributed by atoms with Gasteiger partial charge in [0.2, 0.25) is 5.78 Å². The predicted molar refractivity (Wildman–Crippen MR) is 75.8 cm³/mol. The number of carbonyl (C=O) groups is 1. The van der Waals surface area contributed by atoms with Crippen LogP contribution in [0.3, 0.4) is 0 Å². The maximum Gasteiger partial charge on any atom is 0.229 e. The van der Waals surface area contributed by atoms with E-state index in [0.29, 0.717) is 21.9 Å². The van der Waals surface area contributed by atoms with Gasteiger partial charge in [-0.2, -0.15) is 0 Å². The average Bonchev–Trinajstić information content (AvgIpc) is 2.85. The Kier molecular flexibility index (Phi) is 2.88. The van der Waals surface area contributed by atoms with E-state index in [9.17, 15) is 4.79 Å². The van der Waals surface area contributed by atoms with E-state index in [2.05, 4.69) is 0 Å². The molecule has 0 saturated heterocycles. The second-order valence-corrected chi connectivity index (χ2v) is 4.79. The number of para-hydroxylation sites is 1. The SMILES string of the molecule is Cc1cccc(C(=O)c2cc3ccccc3o2)c1Cl. The van der Waals surface area contributed by atoms with Crippen LogP contribution >= 0.6 is 11.6 Å². The molecule has 0 bridgehead atoms. The lowest BCUT2D eigenvalue weighted by Gasteiger charge is -2.03. The lowest BCUT2D eigenvalue weighted by Crippen LogP contribution is -2.01. The number of hydrogen-bond acceptors (Lipinski definition) is 2. The van der Waals surface area contributed by atoms with Gasteiger partial charge in [0, 0.05) is 10.9 Å². The Bertz CT molecular complexity index is 738. The van der Waals surface area contributed by atoms with Crippen LogP contribution in [0.4, 0.5) is 0 Å². The van der Waals surface area contributed by atoms with Gasteiger partial charge < -0.3 is 4.42 Å². The molecule has 0 aliphatic rings. The highest BCUT2D eigenvalue weighted by molar-refractivity contribution is 6.35. The molecule has 0 fully saturated rings. The van der Waals surface area contributed by atoms with Gasteiger partial charge in [0.05, 0.1) is 5.02 Å². The summed E-state index contributed by atoms with van der Waals surface area (Å²) in [6.45, 7) is 1.87. The zero-order valence-corrected chi connectivity index (χ0v) is 11.1. The zero-order valence-electron chi connectivity index (χ0n) is 10.3. The third kappa shape index (κ3) is 2.04. The van der Waals surface area contributed by atoms with Crippen LogP contribution in [0, 0.1) is 6.92 Å². The Balaban J connectivity index is 2.11. The van der Waals surface area contributed by atoms with Crippen molar-refractivity contribution in [2.75, 3.05) is 0 Å². The molecule has 2 aromatic carbocycles. The Labute approximate surface area is 115 Å². The lowest BCUT2D eigenvalue weighted by atomic mass is 10.1. The molecule has 0 radical (unpaired) electrons. The molecule has 2 nitrogen and oxygen atoms in total. The Hall–Kier alpha value is -2.06. The van der Waals surface area contributed by atoms with E-state index in [1.165, 1.54) is 0 Å². The fraction of sp³-hybridized carbons (Fsp3) is 0.0625. The molecule has 3 aromatic rings. The molecule has 0 N–H and O–H groups in total.